The number of hydrazone groups is 1. The summed E-state index contributed by atoms with van der Waals surface area (Å²) in [5, 5.41) is 4.07. The maximum absolute atomic E-state index is 12.8. The Morgan fingerprint density at radius 2 is 1.51 bits per heavy atom. The van der Waals surface area contributed by atoms with Crippen LogP contribution < -0.4 is 29.1 Å². The number of hydrogen-bond acceptors (Lipinski definition) is 8. The average Bonchev–Trinajstić information content (AvgIpc) is 3.74. The van der Waals surface area contributed by atoms with Crippen LogP contribution in [0.3, 0.4) is 0 Å². The van der Waals surface area contributed by atoms with Crippen LogP contribution >= 0.6 is 0 Å². The minimum Gasteiger partial charge on any atom is -0.493 e. The number of hydrogen-bond donors (Lipinski definition) is 1. The molecule has 0 heterocycles. The van der Waals surface area contributed by atoms with Crippen LogP contribution in [-0.2, 0) is 4.79 Å². The van der Waals surface area contributed by atoms with Gasteiger partial charge in [-0.1, -0.05) is 30.3 Å². The predicted octanol–water partition coefficient (Wildman–Crippen LogP) is 4.19. The number of benzene rings is 3. The summed E-state index contributed by atoms with van der Waals surface area (Å²) in [5.74, 6) is 0.964. The molecule has 0 radical (unpaired) electrons. The third-order valence-electron chi connectivity index (χ3n) is 6.03. The maximum atomic E-state index is 12.8. The molecule has 1 N–H and O–H groups in total. The zero-order valence-electron chi connectivity index (χ0n) is 21.0. The molecule has 1 amide bonds. The quantitative estimate of drug-likeness (QED) is 0.191. The number of esters is 1. The first-order chi connectivity index (χ1) is 18.0. The van der Waals surface area contributed by atoms with Gasteiger partial charge in [0, 0.05) is 5.92 Å². The highest BCUT2D eigenvalue weighted by atomic mass is 16.6. The van der Waals surface area contributed by atoms with E-state index in [2.05, 4.69) is 10.5 Å². The van der Waals surface area contributed by atoms with Crippen LogP contribution in [-0.4, -0.2) is 46.5 Å². The Morgan fingerprint density at radius 1 is 0.838 bits per heavy atom. The molecule has 9 heteroatoms. The van der Waals surface area contributed by atoms with Crippen LogP contribution in [0.1, 0.15) is 33.8 Å². The third kappa shape index (κ3) is 5.83. The number of methoxy groups -OCH3 is 4. The highest BCUT2D eigenvalue weighted by Crippen LogP contribution is 2.47. The number of carbonyl (C=O) groups excluding carboxylic acids is 2. The van der Waals surface area contributed by atoms with Crippen molar-refractivity contribution >= 4 is 18.1 Å². The van der Waals surface area contributed by atoms with Gasteiger partial charge in [-0.2, -0.15) is 5.10 Å². The van der Waals surface area contributed by atoms with Gasteiger partial charge in [0.1, 0.15) is 0 Å². The van der Waals surface area contributed by atoms with Gasteiger partial charge in [0.25, 0.3) is 0 Å². The van der Waals surface area contributed by atoms with E-state index in [0.29, 0.717) is 28.6 Å². The molecule has 0 bridgehead atoms. The minimum atomic E-state index is -0.636. The van der Waals surface area contributed by atoms with Gasteiger partial charge in [0.15, 0.2) is 23.0 Å². The summed E-state index contributed by atoms with van der Waals surface area (Å²) >= 11 is 0. The summed E-state index contributed by atoms with van der Waals surface area (Å²) in [6, 6.07) is 17.9. The van der Waals surface area contributed by atoms with Crippen molar-refractivity contribution in [1.82, 2.24) is 5.43 Å². The van der Waals surface area contributed by atoms with Gasteiger partial charge in [-0.25, -0.2) is 10.2 Å². The van der Waals surface area contributed by atoms with E-state index in [-0.39, 0.29) is 29.1 Å². The summed E-state index contributed by atoms with van der Waals surface area (Å²) in [7, 11) is 5.87. The van der Waals surface area contributed by atoms with Crippen LogP contribution in [0.4, 0.5) is 0 Å². The summed E-state index contributed by atoms with van der Waals surface area (Å²) in [4.78, 5) is 25.3. The van der Waals surface area contributed by atoms with Gasteiger partial charge in [-0.05, 0) is 53.8 Å². The molecule has 9 nitrogen and oxygen atoms in total. The second-order valence-electron chi connectivity index (χ2n) is 8.31. The van der Waals surface area contributed by atoms with Crippen molar-refractivity contribution in [2.75, 3.05) is 28.4 Å². The number of amides is 1. The molecule has 2 unspecified atom stereocenters. The van der Waals surface area contributed by atoms with E-state index >= 15 is 0 Å². The molecule has 1 aliphatic carbocycles. The topological polar surface area (TPSA) is 105 Å². The Morgan fingerprint density at radius 3 is 2.14 bits per heavy atom. The number of ether oxygens (including phenoxy) is 5. The molecule has 2 atom stereocenters. The van der Waals surface area contributed by atoms with Gasteiger partial charge in [-0.15, -0.1) is 0 Å². The lowest BCUT2D eigenvalue weighted by Gasteiger charge is -2.14. The normalized spacial score (nSPS) is 16.1. The van der Waals surface area contributed by atoms with E-state index in [0.717, 1.165) is 12.0 Å². The van der Waals surface area contributed by atoms with Crippen LogP contribution in [0.25, 0.3) is 0 Å². The minimum absolute atomic E-state index is 0.0777. The molecule has 37 heavy (non-hydrogen) atoms. The number of nitrogens with zero attached hydrogens (tertiary/aromatic N) is 1. The lowest BCUT2D eigenvalue weighted by Crippen LogP contribution is -2.20. The molecule has 0 aromatic heterocycles. The number of rotatable bonds is 10. The van der Waals surface area contributed by atoms with Crippen LogP contribution in [0.2, 0.25) is 0 Å². The standard InChI is InChI=1S/C28H28N2O7/c1-33-23-12-17(16-29-30-27(31)21-15-20(21)18-8-6-5-7-9-18)10-11-22(23)37-28(32)19-13-24(34-2)26(36-4)25(14-19)35-3/h5-14,16,20-21H,15H2,1-4H3,(H,30,31)/b29-16+. The monoisotopic (exact) mass is 504 g/mol. The van der Waals surface area contributed by atoms with Crippen molar-refractivity contribution in [2.24, 2.45) is 11.0 Å². The molecule has 0 aliphatic heterocycles. The first kappa shape index (κ1) is 25.6. The van der Waals surface area contributed by atoms with Gasteiger partial charge in [-0.3, -0.25) is 4.79 Å². The Kier molecular flexibility index (Phi) is 7.92. The van der Waals surface area contributed by atoms with Gasteiger partial charge >= 0.3 is 5.97 Å². The molecule has 0 spiro atoms. The van der Waals surface area contributed by atoms with Crippen molar-refractivity contribution in [3.05, 3.63) is 77.4 Å². The Bertz CT molecular complexity index is 1280. The van der Waals surface area contributed by atoms with Crippen molar-refractivity contribution in [3.8, 4) is 28.7 Å². The average molecular weight is 505 g/mol. The van der Waals surface area contributed by atoms with E-state index in [1.54, 1.807) is 18.2 Å². The second kappa shape index (κ2) is 11.5. The van der Waals surface area contributed by atoms with E-state index < -0.39 is 5.97 Å². The summed E-state index contributed by atoms with van der Waals surface area (Å²) in [6.07, 6.45) is 2.32. The zero-order valence-corrected chi connectivity index (χ0v) is 21.0. The highest BCUT2D eigenvalue weighted by Gasteiger charge is 2.43. The van der Waals surface area contributed by atoms with Crippen molar-refractivity contribution in [1.29, 1.82) is 0 Å². The molecule has 3 aromatic rings. The van der Waals surface area contributed by atoms with Crippen LogP contribution in [0, 0.1) is 5.92 Å². The fraction of sp³-hybridized carbons (Fsp3) is 0.250. The largest absolute Gasteiger partial charge is 0.493 e. The summed E-state index contributed by atoms with van der Waals surface area (Å²) < 4.78 is 26.8. The maximum Gasteiger partial charge on any atom is 0.343 e. The van der Waals surface area contributed by atoms with Gasteiger partial charge < -0.3 is 23.7 Å². The molecule has 0 saturated heterocycles. The van der Waals surface area contributed by atoms with E-state index in [4.69, 9.17) is 23.7 Å². The number of carbonyl (C=O) groups is 2. The third-order valence-corrected chi connectivity index (χ3v) is 6.03. The Labute approximate surface area is 214 Å². The molecule has 3 aromatic carbocycles. The molecule has 1 saturated carbocycles. The van der Waals surface area contributed by atoms with E-state index in [9.17, 15) is 9.59 Å². The summed E-state index contributed by atoms with van der Waals surface area (Å²) in [6.45, 7) is 0. The Balaban J connectivity index is 1.40. The van der Waals surface area contributed by atoms with Crippen molar-refractivity contribution < 1.29 is 33.3 Å². The fourth-order valence-corrected chi connectivity index (χ4v) is 4.01. The van der Waals surface area contributed by atoms with Gasteiger partial charge in [0.2, 0.25) is 11.7 Å². The van der Waals surface area contributed by atoms with E-state index in [1.165, 1.54) is 46.8 Å². The SMILES string of the molecule is COc1cc(/C=N/NC(=O)C2CC2c2ccccc2)ccc1OC(=O)c1cc(OC)c(OC)c(OC)c1. The molecular weight excluding hydrogens is 476 g/mol. The lowest BCUT2D eigenvalue weighted by molar-refractivity contribution is -0.122. The highest BCUT2D eigenvalue weighted by molar-refractivity contribution is 5.93. The lowest BCUT2D eigenvalue weighted by atomic mass is 10.1. The predicted molar refractivity (Wildman–Crippen MR) is 137 cm³/mol. The molecular formula is C28H28N2O7. The Hall–Kier alpha value is -4.53. The smallest absolute Gasteiger partial charge is 0.343 e. The van der Waals surface area contributed by atoms with Crippen LogP contribution in [0.5, 0.6) is 28.7 Å². The first-order valence-corrected chi connectivity index (χ1v) is 11.6. The number of nitrogens with one attached hydrogen (secondary N) is 1. The van der Waals surface area contributed by atoms with Crippen molar-refractivity contribution in [2.45, 2.75) is 12.3 Å². The fourth-order valence-electron chi connectivity index (χ4n) is 4.01. The molecule has 4 rings (SSSR count). The second-order valence-corrected chi connectivity index (χ2v) is 8.31. The summed E-state index contributed by atoms with van der Waals surface area (Å²) in [5.41, 5.74) is 4.62. The zero-order chi connectivity index (χ0) is 26.4. The van der Waals surface area contributed by atoms with E-state index in [1.807, 2.05) is 30.3 Å². The van der Waals surface area contributed by atoms with Crippen LogP contribution in [0.15, 0.2) is 65.8 Å². The van der Waals surface area contributed by atoms with Crippen molar-refractivity contribution in [3.63, 3.8) is 0 Å². The molecule has 1 fully saturated rings. The first-order valence-electron chi connectivity index (χ1n) is 11.6. The molecule has 192 valence electrons. The molecule has 1 aliphatic rings. The van der Waals surface area contributed by atoms with Gasteiger partial charge in [0.05, 0.1) is 40.2 Å².